The zero-order valence-corrected chi connectivity index (χ0v) is 20.0. The smallest absolute Gasteiger partial charge is 0.135 e. The molecule has 1 aromatic carbocycles. The lowest BCUT2D eigenvalue weighted by atomic mass is 9.87. The summed E-state index contributed by atoms with van der Waals surface area (Å²) in [5.41, 5.74) is 7.01. The van der Waals surface area contributed by atoms with Crippen molar-refractivity contribution in [3.8, 4) is 0 Å². The van der Waals surface area contributed by atoms with Crippen LogP contribution in [0.25, 0.3) is 0 Å². The molecular formula is C26H35N5S. The third kappa shape index (κ3) is 4.02. The molecule has 0 radical (unpaired) electrons. The van der Waals surface area contributed by atoms with Crippen LogP contribution < -0.4 is 10.2 Å². The second kappa shape index (κ2) is 8.88. The van der Waals surface area contributed by atoms with Crippen LogP contribution in [0.1, 0.15) is 35.4 Å². The molecule has 170 valence electrons. The molecule has 1 N–H and O–H groups in total. The van der Waals surface area contributed by atoms with Gasteiger partial charge in [-0.3, -0.25) is 4.90 Å². The molecule has 3 fully saturated rings. The van der Waals surface area contributed by atoms with Gasteiger partial charge in [-0.05, 0) is 75.0 Å². The van der Waals surface area contributed by atoms with Crippen molar-refractivity contribution in [2.24, 2.45) is 0 Å². The maximum Gasteiger partial charge on any atom is 0.135 e. The summed E-state index contributed by atoms with van der Waals surface area (Å²) in [5.74, 6) is 4.21. The minimum atomic E-state index is 0.684. The molecule has 4 aliphatic rings. The predicted octanol–water partition coefficient (Wildman–Crippen LogP) is 3.97. The molecule has 6 heteroatoms. The Kier molecular flexibility index (Phi) is 5.78. The van der Waals surface area contributed by atoms with Crippen molar-refractivity contribution in [2.75, 3.05) is 68.0 Å². The summed E-state index contributed by atoms with van der Waals surface area (Å²) in [4.78, 5) is 12.5. The molecule has 0 unspecified atom stereocenters. The largest absolute Gasteiger partial charge is 0.370 e. The Morgan fingerprint density at radius 1 is 1.00 bits per heavy atom. The molecular weight excluding hydrogens is 414 g/mol. The number of nitrogens with zero attached hydrogens (tertiary/aromatic N) is 4. The van der Waals surface area contributed by atoms with Gasteiger partial charge in [0, 0.05) is 66.9 Å². The van der Waals surface area contributed by atoms with E-state index in [4.69, 9.17) is 4.98 Å². The predicted molar refractivity (Wildman–Crippen MR) is 136 cm³/mol. The van der Waals surface area contributed by atoms with Gasteiger partial charge < -0.3 is 15.1 Å². The molecule has 0 bridgehead atoms. The van der Waals surface area contributed by atoms with E-state index in [9.17, 15) is 0 Å². The number of nitrogens with one attached hydrogen (secondary N) is 1. The number of aromatic nitrogens is 1. The van der Waals surface area contributed by atoms with Crippen LogP contribution in [0, 0.1) is 0 Å². The van der Waals surface area contributed by atoms with Crippen molar-refractivity contribution < 1.29 is 0 Å². The molecule has 32 heavy (non-hydrogen) atoms. The third-order valence-electron chi connectivity index (χ3n) is 7.98. The van der Waals surface area contributed by atoms with Crippen LogP contribution in [0.4, 0.5) is 17.2 Å². The first kappa shape index (κ1) is 20.8. The van der Waals surface area contributed by atoms with E-state index >= 15 is 0 Å². The Bertz CT molecular complexity index is 959. The average Bonchev–Trinajstić information content (AvgIpc) is 3.01. The molecule has 5 heterocycles. The number of aryl methyl sites for hydroxylation is 1. The van der Waals surface area contributed by atoms with Crippen LogP contribution in [0.15, 0.2) is 30.5 Å². The van der Waals surface area contributed by atoms with Crippen molar-refractivity contribution in [1.82, 2.24) is 14.8 Å². The molecule has 1 aromatic heterocycles. The van der Waals surface area contributed by atoms with E-state index < -0.39 is 0 Å². The van der Waals surface area contributed by atoms with Crippen LogP contribution >= 0.6 is 11.8 Å². The minimum absolute atomic E-state index is 0.684. The Morgan fingerprint density at radius 3 is 2.59 bits per heavy atom. The summed E-state index contributed by atoms with van der Waals surface area (Å²) in [5, 5.41) is 3.75. The highest BCUT2D eigenvalue weighted by molar-refractivity contribution is 7.99. The van der Waals surface area contributed by atoms with E-state index in [1.54, 1.807) is 0 Å². The van der Waals surface area contributed by atoms with E-state index in [1.165, 1.54) is 78.6 Å². The molecule has 4 aliphatic heterocycles. The van der Waals surface area contributed by atoms with Crippen molar-refractivity contribution >= 4 is 29.0 Å². The molecule has 6 rings (SSSR count). The summed E-state index contributed by atoms with van der Waals surface area (Å²) in [6.45, 7) is 7.28. The van der Waals surface area contributed by atoms with Crippen molar-refractivity contribution in [3.63, 3.8) is 0 Å². The molecule has 0 aliphatic carbocycles. The third-order valence-corrected chi connectivity index (χ3v) is 8.92. The Labute approximate surface area is 196 Å². The van der Waals surface area contributed by atoms with Gasteiger partial charge in [-0.15, -0.1) is 0 Å². The van der Waals surface area contributed by atoms with Gasteiger partial charge in [-0.25, -0.2) is 4.98 Å². The number of pyridine rings is 1. The number of benzene rings is 1. The zero-order valence-electron chi connectivity index (χ0n) is 19.2. The zero-order chi connectivity index (χ0) is 21.5. The van der Waals surface area contributed by atoms with E-state index in [2.05, 4.69) is 63.1 Å². The summed E-state index contributed by atoms with van der Waals surface area (Å²) >= 11 is 2.07. The van der Waals surface area contributed by atoms with Gasteiger partial charge in [-0.1, -0.05) is 12.1 Å². The monoisotopic (exact) mass is 449 g/mol. The van der Waals surface area contributed by atoms with Gasteiger partial charge in [0.15, 0.2) is 0 Å². The highest BCUT2D eigenvalue weighted by Crippen LogP contribution is 2.38. The van der Waals surface area contributed by atoms with E-state index in [1.807, 2.05) is 6.20 Å². The highest BCUT2D eigenvalue weighted by atomic mass is 32.2. The van der Waals surface area contributed by atoms with E-state index in [0.717, 1.165) is 37.8 Å². The number of fused-ring (bicyclic) bond motifs is 2. The lowest BCUT2D eigenvalue weighted by Gasteiger charge is -2.46. The summed E-state index contributed by atoms with van der Waals surface area (Å²) in [6.07, 6.45) is 6.71. The maximum atomic E-state index is 4.77. The second-order valence-corrected chi connectivity index (χ2v) is 11.2. The molecule has 3 saturated heterocycles. The first-order chi connectivity index (χ1) is 15.7. The number of hydrogen-bond donors (Lipinski definition) is 1. The number of thioether (sulfide) groups is 1. The van der Waals surface area contributed by atoms with Crippen LogP contribution in [-0.4, -0.2) is 78.6 Å². The minimum Gasteiger partial charge on any atom is -0.370 e. The number of likely N-dealkylation sites (N-methyl/N-ethyl adjacent to an activating group) is 1. The first-order valence-corrected chi connectivity index (χ1v) is 13.5. The molecule has 5 nitrogen and oxygen atoms in total. The van der Waals surface area contributed by atoms with Crippen molar-refractivity contribution in [2.45, 2.75) is 37.6 Å². The van der Waals surface area contributed by atoms with Gasteiger partial charge in [-0.2, -0.15) is 11.8 Å². The van der Waals surface area contributed by atoms with Crippen LogP contribution in [0.5, 0.6) is 0 Å². The molecule has 2 aromatic rings. The Hall–Kier alpha value is -1.76. The van der Waals surface area contributed by atoms with Crippen molar-refractivity contribution in [3.05, 3.63) is 47.2 Å². The summed E-state index contributed by atoms with van der Waals surface area (Å²) < 4.78 is 0. The molecule has 0 spiro atoms. The Morgan fingerprint density at radius 2 is 1.81 bits per heavy atom. The Balaban J connectivity index is 1.19. The topological polar surface area (TPSA) is 34.6 Å². The SMILES string of the molecule is CN1CC(N2CCC(c3ccc4c(c3)Nc3nccc(N5CCSCC5)c3CC4)CC2)C1. The molecule has 0 atom stereocenters. The fourth-order valence-corrected chi connectivity index (χ4v) is 6.90. The van der Waals surface area contributed by atoms with Crippen LogP contribution in [0.3, 0.4) is 0 Å². The standard InChI is InChI=1S/C26H35N5S/c1-29-17-22(18-29)30-10-7-19(8-11-30)21-3-2-20-4-5-23-25(31-12-14-32-15-13-31)6-9-27-26(23)28-24(20)16-21/h2-3,6,9,16,19,22H,4-5,7-8,10-15,17-18H2,1H3,(H,27,28). The van der Waals surface area contributed by atoms with Gasteiger partial charge in [0.25, 0.3) is 0 Å². The molecule has 0 amide bonds. The summed E-state index contributed by atoms with van der Waals surface area (Å²) in [7, 11) is 2.23. The maximum absolute atomic E-state index is 4.77. The number of anilines is 3. The number of piperidine rings is 1. The van der Waals surface area contributed by atoms with Gasteiger partial charge in [0.05, 0.1) is 0 Å². The fraction of sp³-hybridized carbons (Fsp3) is 0.577. The van der Waals surface area contributed by atoms with E-state index in [-0.39, 0.29) is 0 Å². The molecule has 0 saturated carbocycles. The number of hydrogen-bond acceptors (Lipinski definition) is 6. The number of likely N-dealkylation sites (tertiary alicyclic amines) is 2. The lowest BCUT2D eigenvalue weighted by molar-refractivity contribution is 0.0363. The first-order valence-electron chi connectivity index (χ1n) is 12.4. The van der Waals surface area contributed by atoms with Gasteiger partial charge in [0.1, 0.15) is 5.82 Å². The number of rotatable bonds is 3. The van der Waals surface area contributed by atoms with E-state index in [0.29, 0.717) is 5.92 Å². The van der Waals surface area contributed by atoms with Crippen LogP contribution in [-0.2, 0) is 12.8 Å². The van der Waals surface area contributed by atoms with Crippen molar-refractivity contribution in [1.29, 1.82) is 0 Å². The van der Waals surface area contributed by atoms with Crippen LogP contribution in [0.2, 0.25) is 0 Å². The highest BCUT2D eigenvalue weighted by Gasteiger charge is 2.32. The van der Waals surface area contributed by atoms with Gasteiger partial charge >= 0.3 is 0 Å². The quantitative estimate of drug-likeness (QED) is 0.764. The average molecular weight is 450 g/mol. The lowest BCUT2D eigenvalue weighted by Crippen LogP contribution is -2.59. The summed E-state index contributed by atoms with van der Waals surface area (Å²) in [6, 6.07) is 10.3. The fourth-order valence-electron chi connectivity index (χ4n) is 6.00. The normalized spacial score (nSPS) is 23.1. The second-order valence-electron chi connectivity index (χ2n) is 9.98. The van der Waals surface area contributed by atoms with Gasteiger partial charge in [0.2, 0.25) is 0 Å².